The lowest BCUT2D eigenvalue weighted by atomic mass is 9.95. The fourth-order valence-electron chi connectivity index (χ4n) is 3.03. The maximum absolute atomic E-state index is 12.2. The largest absolute Gasteiger partial charge is 0.493 e. The second kappa shape index (κ2) is 9.96. The summed E-state index contributed by atoms with van der Waals surface area (Å²) in [6.07, 6.45) is 6.97. The third-order valence-electron chi connectivity index (χ3n) is 4.27. The molecule has 2 N–H and O–H groups in total. The Hall–Kier alpha value is -2.04. The molecule has 0 spiro atoms. The number of hydrogen-bond acceptors (Lipinski definition) is 3. The zero-order valence-electron chi connectivity index (χ0n) is 14.5. The molecule has 1 aliphatic carbocycles. The first-order valence-corrected chi connectivity index (χ1v) is 9.00. The van der Waals surface area contributed by atoms with Crippen molar-refractivity contribution in [3.8, 4) is 5.75 Å². The maximum Gasteiger partial charge on any atom is 0.255 e. The average molecular weight is 332 g/mol. The molecule has 132 valence electrons. The number of amides is 2. The number of rotatable bonds is 8. The predicted molar refractivity (Wildman–Crippen MR) is 94.2 cm³/mol. The van der Waals surface area contributed by atoms with Crippen molar-refractivity contribution in [1.82, 2.24) is 10.6 Å². The molecule has 1 aliphatic rings. The van der Waals surface area contributed by atoms with Crippen molar-refractivity contribution in [1.29, 1.82) is 0 Å². The molecule has 2 rings (SSSR count). The van der Waals surface area contributed by atoms with E-state index in [1.807, 2.05) is 19.1 Å². The first-order valence-electron chi connectivity index (χ1n) is 9.00. The van der Waals surface area contributed by atoms with Gasteiger partial charge in [0.2, 0.25) is 5.91 Å². The molecule has 0 radical (unpaired) electrons. The molecule has 2 amide bonds. The molecule has 0 bridgehead atoms. The van der Waals surface area contributed by atoms with Gasteiger partial charge >= 0.3 is 0 Å². The van der Waals surface area contributed by atoms with Crippen LogP contribution in [0.3, 0.4) is 0 Å². The molecule has 0 atom stereocenters. The summed E-state index contributed by atoms with van der Waals surface area (Å²) in [7, 11) is 0. The highest BCUT2D eigenvalue weighted by Gasteiger charge is 2.15. The van der Waals surface area contributed by atoms with E-state index in [1.54, 1.807) is 12.1 Å². The molecule has 0 unspecified atom stereocenters. The van der Waals surface area contributed by atoms with Gasteiger partial charge in [0.15, 0.2) is 0 Å². The van der Waals surface area contributed by atoms with E-state index >= 15 is 0 Å². The Morgan fingerprint density at radius 2 is 1.92 bits per heavy atom. The third-order valence-corrected chi connectivity index (χ3v) is 4.27. The summed E-state index contributed by atoms with van der Waals surface area (Å²) >= 11 is 0. The van der Waals surface area contributed by atoms with E-state index in [1.165, 1.54) is 19.3 Å². The van der Waals surface area contributed by atoms with E-state index in [2.05, 4.69) is 10.6 Å². The van der Waals surface area contributed by atoms with Crippen LogP contribution < -0.4 is 15.4 Å². The van der Waals surface area contributed by atoms with Gasteiger partial charge in [-0.15, -0.1) is 0 Å². The average Bonchev–Trinajstić information content (AvgIpc) is 2.60. The number of carbonyl (C=O) groups excluding carboxylic acids is 2. The highest BCUT2D eigenvalue weighted by atomic mass is 16.5. The summed E-state index contributed by atoms with van der Waals surface area (Å²) in [4.78, 5) is 24.1. The van der Waals surface area contributed by atoms with Gasteiger partial charge in [-0.25, -0.2) is 0 Å². The molecule has 1 aromatic carbocycles. The highest BCUT2D eigenvalue weighted by Crippen LogP contribution is 2.18. The van der Waals surface area contributed by atoms with E-state index in [0.29, 0.717) is 43.3 Å². The van der Waals surface area contributed by atoms with Crippen LogP contribution >= 0.6 is 0 Å². The molecular weight excluding hydrogens is 304 g/mol. The number of carbonyl (C=O) groups is 2. The lowest BCUT2D eigenvalue weighted by Crippen LogP contribution is -2.36. The molecule has 0 saturated heterocycles. The van der Waals surface area contributed by atoms with Crippen LogP contribution in [0, 0.1) is 0 Å². The quantitative estimate of drug-likeness (QED) is 0.719. The van der Waals surface area contributed by atoms with Crippen LogP contribution in [0.4, 0.5) is 0 Å². The van der Waals surface area contributed by atoms with E-state index < -0.39 is 0 Å². The van der Waals surface area contributed by atoms with Crippen LogP contribution in [-0.2, 0) is 4.79 Å². The van der Waals surface area contributed by atoms with E-state index in [9.17, 15) is 9.59 Å². The molecule has 1 aromatic rings. The second-order valence-corrected chi connectivity index (χ2v) is 6.19. The first kappa shape index (κ1) is 18.3. The van der Waals surface area contributed by atoms with Crippen LogP contribution in [0.1, 0.15) is 62.2 Å². The Morgan fingerprint density at radius 3 is 2.67 bits per heavy atom. The van der Waals surface area contributed by atoms with Crippen molar-refractivity contribution >= 4 is 11.8 Å². The van der Waals surface area contributed by atoms with Crippen LogP contribution in [0.25, 0.3) is 0 Å². The number of para-hydroxylation sites is 1. The van der Waals surface area contributed by atoms with Crippen LogP contribution in [0.2, 0.25) is 0 Å². The summed E-state index contributed by atoms with van der Waals surface area (Å²) in [6, 6.07) is 7.54. The first-order chi connectivity index (χ1) is 11.7. The number of benzene rings is 1. The number of hydrogen-bond donors (Lipinski definition) is 2. The Labute approximate surface area is 144 Å². The second-order valence-electron chi connectivity index (χ2n) is 6.19. The molecule has 5 heteroatoms. The molecule has 1 saturated carbocycles. The summed E-state index contributed by atoms with van der Waals surface area (Å²) in [5, 5.41) is 5.95. The van der Waals surface area contributed by atoms with Gasteiger partial charge in [0.25, 0.3) is 5.91 Å². The third kappa shape index (κ3) is 5.87. The molecular formula is C19H28N2O3. The van der Waals surface area contributed by atoms with Crippen molar-refractivity contribution in [3.05, 3.63) is 29.8 Å². The molecule has 0 heterocycles. The van der Waals surface area contributed by atoms with Gasteiger partial charge in [0, 0.05) is 19.0 Å². The van der Waals surface area contributed by atoms with Gasteiger partial charge in [-0.1, -0.05) is 31.4 Å². The van der Waals surface area contributed by atoms with Crippen molar-refractivity contribution in [2.24, 2.45) is 0 Å². The summed E-state index contributed by atoms with van der Waals surface area (Å²) < 4.78 is 5.46. The highest BCUT2D eigenvalue weighted by molar-refractivity contribution is 5.96. The SMILES string of the molecule is CCOc1ccccc1C(=O)NCCCC(=O)NC1CCCCC1. The molecule has 0 aromatic heterocycles. The van der Waals surface area contributed by atoms with Crippen molar-refractivity contribution < 1.29 is 14.3 Å². The zero-order valence-corrected chi connectivity index (χ0v) is 14.5. The lowest BCUT2D eigenvalue weighted by molar-refractivity contribution is -0.122. The van der Waals surface area contributed by atoms with Crippen molar-refractivity contribution in [3.63, 3.8) is 0 Å². The van der Waals surface area contributed by atoms with Gasteiger partial charge in [-0.3, -0.25) is 9.59 Å². The molecule has 0 aliphatic heterocycles. The minimum absolute atomic E-state index is 0.0888. The molecule has 24 heavy (non-hydrogen) atoms. The molecule has 5 nitrogen and oxygen atoms in total. The Balaban J connectivity index is 1.68. The summed E-state index contributed by atoms with van der Waals surface area (Å²) in [6.45, 7) is 2.89. The minimum atomic E-state index is -0.160. The van der Waals surface area contributed by atoms with Gasteiger partial charge in [0.1, 0.15) is 5.75 Å². The Morgan fingerprint density at radius 1 is 1.17 bits per heavy atom. The normalized spacial score (nSPS) is 14.9. The number of nitrogens with one attached hydrogen (secondary N) is 2. The zero-order chi connectivity index (χ0) is 17.2. The van der Waals surface area contributed by atoms with Crippen molar-refractivity contribution in [2.45, 2.75) is 57.9 Å². The Bertz CT molecular complexity index is 539. The maximum atomic E-state index is 12.2. The van der Waals surface area contributed by atoms with Crippen molar-refractivity contribution in [2.75, 3.05) is 13.2 Å². The van der Waals surface area contributed by atoms with E-state index in [-0.39, 0.29) is 11.8 Å². The standard InChI is InChI=1S/C19H28N2O3/c1-2-24-17-12-7-6-11-16(17)19(23)20-14-8-13-18(22)21-15-9-4-3-5-10-15/h6-7,11-12,15H,2-5,8-10,13-14H2,1H3,(H,20,23)(H,21,22). The van der Waals surface area contributed by atoms with Gasteiger partial charge in [-0.2, -0.15) is 0 Å². The Kier molecular flexibility index (Phi) is 7.59. The molecule has 1 fully saturated rings. The fraction of sp³-hybridized carbons (Fsp3) is 0.579. The summed E-state index contributed by atoms with van der Waals surface area (Å²) in [5.41, 5.74) is 0.533. The van der Waals surface area contributed by atoms with Gasteiger partial charge in [0.05, 0.1) is 12.2 Å². The van der Waals surface area contributed by atoms with Gasteiger partial charge in [-0.05, 0) is 38.3 Å². The smallest absolute Gasteiger partial charge is 0.255 e. The lowest BCUT2D eigenvalue weighted by Gasteiger charge is -2.22. The monoisotopic (exact) mass is 332 g/mol. The number of ether oxygens (including phenoxy) is 1. The van der Waals surface area contributed by atoms with Crippen LogP contribution in [-0.4, -0.2) is 31.0 Å². The fourth-order valence-corrected chi connectivity index (χ4v) is 3.03. The minimum Gasteiger partial charge on any atom is -0.493 e. The van der Waals surface area contributed by atoms with E-state index in [0.717, 1.165) is 12.8 Å². The topological polar surface area (TPSA) is 67.4 Å². The summed E-state index contributed by atoms with van der Waals surface area (Å²) in [5.74, 6) is 0.519. The predicted octanol–water partition coefficient (Wildman–Crippen LogP) is 3.04. The van der Waals surface area contributed by atoms with Crippen LogP contribution in [0.5, 0.6) is 5.75 Å². The van der Waals surface area contributed by atoms with Gasteiger partial charge < -0.3 is 15.4 Å². The van der Waals surface area contributed by atoms with E-state index in [4.69, 9.17) is 4.74 Å². The van der Waals surface area contributed by atoms with Crippen LogP contribution in [0.15, 0.2) is 24.3 Å².